The second-order valence-corrected chi connectivity index (χ2v) is 7.97. The quantitative estimate of drug-likeness (QED) is 0.462. The highest BCUT2D eigenvalue weighted by Gasteiger charge is 2.36. The molecule has 0 aliphatic carbocycles. The summed E-state index contributed by atoms with van der Waals surface area (Å²) in [7, 11) is 0. The Hall–Kier alpha value is -3.68. The van der Waals surface area contributed by atoms with Crippen molar-refractivity contribution in [2.75, 3.05) is 30.0 Å². The highest BCUT2D eigenvalue weighted by Crippen LogP contribution is 2.26. The Bertz CT molecular complexity index is 1020. The van der Waals surface area contributed by atoms with Gasteiger partial charge in [0, 0.05) is 24.3 Å². The van der Waals surface area contributed by atoms with E-state index in [9.17, 15) is 19.2 Å². The molecule has 2 amide bonds. The Kier molecular flexibility index (Phi) is 8.18. The molecule has 3 rings (SSSR count). The van der Waals surface area contributed by atoms with Crippen LogP contribution in [-0.2, 0) is 23.9 Å². The van der Waals surface area contributed by atoms with Gasteiger partial charge in [-0.25, -0.2) is 4.79 Å². The molecule has 1 heterocycles. The minimum atomic E-state index is -0.664. The molecule has 0 saturated carbocycles. The Morgan fingerprint density at radius 3 is 2.55 bits per heavy atom. The van der Waals surface area contributed by atoms with E-state index in [-0.39, 0.29) is 18.9 Å². The van der Waals surface area contributed by atoms with E-state index in [0.717, 1.165) is 18.4 Å². The van der Waals surface area contributed by atoms with Crippen molar-refractivity contribution in [1.82, 2.24) is 0 Å². The molecule has 2 aromatic carbocycles. The number of anilines is 2. The third-order valence-electron chi connectivity index (χ3n) is 5.25. The first kappa shape index (κ1) is 24.0. The number of carbonyl (C=O) groups excluding carboxylic acids is 4. The molecule has 8 heteroatoms. The van der Waals surface area contributed by atoms with Gasteiger partial charge in [-0.1, -0.05) is 25.5 Å². The first-order chi connectivity index (χ1) is 15.9. The number of benzene rings is 2. The number of ether oxygens (including phenoxy) is 2. The molecule has 2 aromatic rings. The molecule has 0 spiro atoms. The van der Waals surface area contributed by atoms with Crippen molar-refractivity contribution >= 4 is 35.1 Å². The van der Waals surface area contributed by atoms with Crippen LogP contribution in [-0.4, -0.2) is 43.5 Å². The Balaban J connectivity index is 1.50. The summed E-state index contributed by atoms with van der Waals surface area (Å²) in [5.74, 6) is -2.34. The number of aryl methyl sites for hydroxylation is 1. The molecule has 1 saturated heterocycles. The van der Waals surface area contributed by atoms with E-state index in [0.29, 0.717) is 23.5 Å². The van der Waals surface area contributed by atoms with Gasteiger partial charge in [0.05, 0.1) is 18.1 Å². The molecule has 1 N–H and O–H groups in total. The standard InChI is InChI=1S/C25H28N2O6/c1-3-4-12-32-24(30)18-8-10-21(11-9-18)27-15-19(14-23(27)29)25(31)33-16-22(28)26-20-7-5-6-17(2)13-20/h5-11,13,19H,3-4,12,14-16H2,1-2H3,(H,26,28)/t19-/m1/s1. The molecule has 174 valence electrons. The number of esters is 2. The maximum atomic E-state index is 12.4. The third kappa shape index (κ3) is 6.65. The zero-order valence-electron chi connectivity index (χ0n) is 18.8. The van der Waals surface area contributed by atoms with Crippen molar-refractivity contribution in [3.8, 4) is 0 Å². The SMILES string of the molecule is CCCCOC(=O)c1ccc(N2C[C@H](C(=O)OCC(=O)Nc3cccc(C)c3)CC2=O)cc1. The predicted molar refractivity (Wildman–Crippen MR) is 123 cm³/mol. The van der Waals surface area contributed by atoms with Crippen LogP contribution in [0.4, 0.5) is 11.4 Å². The minimum Gasteiger partial charge on any atom is -0.462 e. The van der Waals surface area contributed by atoms with Crippen LogP contribution in [0.15, 0.2) is 48.5 Å². The van der Waals surface area contributed by atoms with E-state index >= 15 is 0 Å². The molecule has 33 heavy (non-hydrogen) atoms. The van der Waals surface area contributed by atoms with Crippen LogP contribution in [0.1, 0.15) is 42.1 Å². The summed E-state index contributed by atoms with van der Waals surface area (Å²) in [6.45, 7) is 4.02. The second-order valence-electron chi connectivity index (χ2n) is 7.97. The van der Waals surface area contributed by atoms with Crippen molar-refractivity contribution in [2.45, 2.75) is 33.1 Å². The van der Waals surface area contributed by atoms with Crippen LogP contribution in [0, 0.1) is 12.8 Å². The van der Waals surface area contributed by atoms with Crippen LogP contribution in [0.2, 0.25) is 0 Å². The number of amides is 2. The minimum absolute atomic E-state index is 0.000850. The summed E-state index contributed by atoms with van der Waals surface area (Å²) in [4.78, 5) is 50.4. The Morgan fingerprint density at radius 2 is 1.85 bits per heavy atom. The largest absolute Gasteiger partial charge is 0.462 e. The summed E-state index contributed by atoms with van der Waals surface area (Å²) in [5, 5.41) is 2.67. The fraction of sp³-hybridized carbons (Fsp3) is 0.360. The molecule has 8 nitrogen and oxygen atoms in total. The predicted octanol–water partition coefficient (Wildman–Crippen LogP) is 3.49. The fourth-order valence-corrected chi connectivity index (χ4v) is 3.46. The van der Waals surface area contributed by atoms with Gasteiger partial charge in [-0.2, -0.15) is 0 Å². The molecule has 0 bridgehead atoms. The molecular weight excluding hydrogens is 424 g/mol. The number of rotatable bonds is 9. The first-order valence-electron chi connectivity index (χ1n) is 11.0. The van der Waals surface area contributed by atoms with Gasteiger partial charge < -0.3 is 19.7 Å². The topological polar surface area (TPSA) is 102 Å². The van der Waals surface area contributed by atoms with Gasteiger partial charge in [0.25, 0.3) is 5.91 Å². The maximum absolute atomic E-state index is 12.4. The van der Waals surface area contributed by atoms with Crippen LogP contribution >= 0.6 is 0 Å². The molecule has 0 aromatic heterocycles. The van der Waals surface area contributed by atoms with Gasteiger partial charge in [-0.3, -0.25) is 14.4 Å². The number of hydrogen-bond donors (Lipinski definition) is 1. The average Bonchev–Trinajstić information content (AvgIpc) is 3.19. The lowest BCUT2D eigenvalue weighted by Gasteiger charge is -2.17. The van der Waals surface area contributed by atoms with Gasteiger partial charge in [-0.05, 0) is 55.3 Å². The average molecular weight is 453 g/mol. The molecule has 1 aliphatic rings. The van der Waals surface area contributed by atoms with Gasteiger partial charge in [-0.15, -0.1) is 0 Å². The summed E-state index contributed by atoms with van der Waals surface area (Å²) < 4.78 is 10.3. The maximum Gasteiger partial charge on any atom is 0.338 e. The molecular formula is C25H28N2O6. The van der Waals surface area contributed by atoms with Gasteiger partial charge in [0.1, 0.15) is 0 Å². The highest BCUT2D eigenvalue weighted by atomic mass is 16.5. The molecule has 0 radical (unpaired) electrons. The number of carbonyl (C=O) groups is 4. The molecule has 1 fully saturated rings. The third-order valence-corrected chi connectivity index (χ3v) is 5.25. The van der Waals surface area contributed by atoms with Crippen molar-refractivity contribution < 1.29 is 28.7 Å². The van der Waals surface area contributed by atoms with E-state index in [1.165, 1.54) is 4.90 Å². The molecule has 1 atom stereocenters. The second kappa shape index (κ2) is 11.3. The summed E-state index contributed by atoms with van der Waals surface area (Å²) in [5.41, 5.74) is 2.60. The number of nitrogens with zero attached hydrogens (tertiary/aromatic N) is 1. The van der Waals surface area contributed by atoms with Crippen LogP contribution < -0.4 is 10.2 Å². The van der Waals surface area contributed by atoms with Gasteiger partial charge in [0.15, 0.2) is 6.61 Å². The normalized spacial score (nSPS) is 15.3. The van der Waals surface area contributed by atoms with E-state index in [1.54, 1.807) is 30.3 Å². The molecule has 0 unspecified atom stereocenters. The van der Waals surface area contributed by atoms with Crippen LogP contribution in [0.5, 0.6) is 0 Å². The monoisotopic (exact) mass is 452 g/mol. The first-order valence-corrected chi connectivity index (χ1v) is 11.0. The van der Waals surface area contributed by atoms with Gasteiger partial charge >= 0.3 is 11.9 Å². The van der Waals surface area contributed by atoms with Crippen molar-refractivity contribution in [2.24, 2.45) is 5.92 Å². The lowest BCUT2D eigenvalue weighted by atomic mass is 10.1. The van der Waals surface area contributed by atoms with Crippen molar-refractivity contribution in [1.29, 1.82) is 0 Å². The summed E-state index contributed by atoms with van der Waals surface area (Å²) in [6, 6.07) is 13.8. The summed E-state index contributed by atoms with van der Waals surface area (Å²) in [6.07, 6.45) is 1.74. The van der Waals surface area contributed by atoms with E-state index in [2.05, 4.69) is 5.32 Å². The lowest BCUT2D eigenvalue weighted by molar-refractivity contribution is -0.151. The number of nitrogens with one attached hydrogen (secondary N) is 1. The van der Waals surface area contributed by atoms with Crippen LogP contribution in [0.3, 0.4) is 0 Å². The van der Waals surface area contributed by atoms with Crippen molar-refractivity contribution in [3.05, 3.63) is 59.7 Å². The van der Waals surface area contributed by atoms with E-state index < -0.39 is 30.4 Å². The molecule has 1 aliphatic heterocycles. The number of hydrogen-bond acceptors (Lipinski definition) is 6. The Morgan fingerprint density at radius 1 is 1.09 bits per heavy atom. The highest BCUT2D eigenvalue weighted by molar-refractivity contribution is 6.00. The van der Waals surface area contributed by atoms with E-state index in [4.69, 9.17) is 9.47 Å². The fourth-order valence-electron chi connectivity index (χ4n) is 3.46. The Labute approximate surface area is 192 Å². The van der Waals surface area contributed by atoms with E-state index in [1.807, 2.05) is 32.0 Å². The summed E-state index contributed by atoms with van der Waals surface area (Å²) >= 11 is 0. The smallest absolute Gasteiger partial charge is 0.338 e. The number of unbranched alkanes of at least 4 members (excludes halogenated alkanes) is 1. The van der Waals surface area contributed by atoms with Crippen LogP contribution in [0.25, 0.3) is 0 Å². The zero-order valence-corrected chi connectivity index (χ0v) is 18.8. The van der Waals surface area contributed by atoms with Crippen molar-refractivity contribution in [3.63, 3.8) is 0 Å². The lowest BCUT2D eigenvalue weighted by Crippen LogP contribution is -2.28. The zero-order chi connectivity index (χ0) is 23.8. The van der Waals surface area contributed by atoms with Gasteiger partial charge in [0.2, 0.25) is 5.91 Å².